The van der Waals surface area contributed by atoms with Crippen LogP contribution in [-0.4, -0.2) is 39.3 Å². The van der Waals surface area contributed by atoms with Gasteiger partial charge < -0.3 is 15.3 Å². The van der Waals surface area contributed by atoms with E-state index < -0.39 is 30.0 Å². The molecule has 3 N–H and O–H groups in total. The van der Waals surface area contributed by atoms with Crippen molar-refractivity contribution in [2.75, 3.05) is 0 Å². The van der Waals surface area contributed by atoms with Crippen LogP contribution in [0, 0.1) is 11.8 Å². The van der Waals surface area contributed by atoms with Gasteiger partial charge in [0.25, 0.3) is 0 Å². The second kappa shape index (κ2) is 8.74. The van der Waals surface area contributed by atoms with Crippen LogP contribution in [0.2, 0.25) is 0 Å². The third kappa shape index (κ3) is 5.81. The number of allylic oxidation sites excluding steroid dienone is 1. The van der Waals surface area contributed by atoms with Crippen molar-refractivity contribution < 1.29 is 24.9 Å². The van der Waals surface area contributed by atoms with Gasteiger partial charge in [-0.25, -0.2) is 0 Å². The molecular formula is C16H24O5. The van der Waals surface area contributed by atoms with E-state index in [0.717, 1.165) is 6.42 Å². The maximum absolute atomic E-state index is 11.8. The van der Waals surface area contributed by atoms with Gasteiger partial charge in [0.2, 0.25) is 0 Å². The lowest BCUT2D eigenvalue weighted by molar-refractivity contribution is -0.137. The van der Waals surface area contributed by atoms with Crippen LogP contribution < -0.4 is 0 Å². The lowest BCUT2D eigenvalue weighted by Crippen LogP contribution is -2.20. The zero-order chi connectivity index (χ0) is 15.8. The molecule has 0 bridgehead atoms. The van der Waals surface area contributed by atoms with E-state index in [1.54, 1.807) is 12.2 Å². The van der Waals surface area contributed by atoms with Crippen molar-refractivity contribution in [2.45, 2.75) is 51.2 Å². The normalized spacial score (nSPS) is 27.8. The van der Waals surface area contributed by atoms with E-state index in [0.29, 0.717) is 6.42 Å². The number of rotatable bonds is 8. The molecular weight excluding hydrogens is 272 g/mol. The van der Waals surface area contributed by atoms with E-state index in [1.807, 2.05) is 19.1 Å². The summed E-state index contributed by atoms with van der Waals surface area (Å²) in [6.07, 6.45) is 7.24. The van der Waals surface area contributed by atoms with E-state index in [2.05, 4.69) is 0 Å². The number of ketones is 1. The van der Waals surface area contributed by atoms with Crippen molar-refractivity contribution in [1.29, 1.82) is 0 Å². The Hall–Kier alpha value is -1.46. The number of carboxylic acids is 1. The van der Waals surface area contributed by atoms with Crippen LogP contribution in [0.15, 0.2) is 24.3 Å². The predicted molar refractivity (Wildman–Crippen MR) is 78.7 cm³/mol. The Kier molecular flexibility index (Phi) is 7.32. The van der Waals surface area contributed by atoms with Crippen molar-refractivity contribution in [3.8, 4) is 0 Å². The van der Waals surface area contributed by atoms with E-state index in [9.17, 15) is 19.8 Å². The quantitative estimate of drug-likeness (QED) is 0.592. The summed E-state index contributed by atoms with van der Waals surface area (Å²) in [6, 6.07) is 0. The van der Waals surface area contributed by atoms with Crippen molar-refractivity contribution >= 4 is 11.8 Å². The second-order valence-electron chi connectivity index (χ2n) is 5.42. The third-order valence-corrected chi connectivity index (χ3v) is 3.74. The van der Waals surface area contributed by atoms with Crippen molar-refractivity contribution in [3.05, 3.63) is 24.3 Å². The van der Waals surface area contributed by atoms with Crippen LogP contribution in [0.25, 0.3) is 0 Å². The summed E-state index contributed by atoms with van der Waals surface area (Å²) < 4.78 is 0. The van der Waals surface area contributed by atoms with Gasteiger partial charge in [-0.1, -0.05) is 31.2 Å². The van der Waals surface area contributed by atoms with E-state index in [1.165, 1.54) is 0 Å². The van der Waals surface area contributed by atoms with Crippen LogP contribution in [0.1, 0.15) is 39.0 Å². The lowest BCUT2D eigenvalue weighted by Gasteiger charge is -2.17. The number of hydrogen-bond acceptors (Lipinski definition) is 4. The molecule has 0 radical (unpaired) electrons. The zero-order valence-electron chi connectivity index (χ0n) is 12.3. The first-order valence-electron chi connectivity index (χ1n) is 7.39. The minimum absolute atomic E-state index is 0.0606. The maximum atomic E-state index is 11.8. The van der Waals surface area contributed by atoms with Gasteiger partial charge in [-0.3, -0.25) is 9.59 Å². The summed E-state index contributed by atoms with van der Waals surface area (Å²) in [5.41, 5.74) is 0. The predicted octanol–water partition coefficient (Wildman–Crippen LogP) is 1.69. The first-order valence-corrected chi connectivity index (χ1v) is 7.39. The highest BCUT2D eigenvalue weighted by Gasteiger charge is 2.39. The Morgan fingerprint density at radius 1 is 1.43 bits per heavy atom. The molecule has 0 amide bonds. The summed E-state index contributed by atoms with van der Waals surface area (Å²) in [6.45, 7) is 2.01. The average molecular weight is 296 g/mol. The van der Waals surface area contributed by atoms with Crippen molar-refractivity contribution in [3.63, 3.8) is 0 Å². The molecule has 0 aromatic rings. The Bertz CT molecular complexity index is 413. The van der Waals surface area contributed by atoms with Gasteiger partial charge in [0.15, 0.2) is 0 Å². The Morgan fingerprint density at radius 3 is 2.76 bits per heavy atom. The number of carboxylic acid groups (broad SMARTS) is 1. The molecule has 0 heterocycles. The molecule has 1 aliphatic rings. The minimum Gasteiger partial charge on any atom is -0.481 e. The van der Waals surface area contributed by atoms with Gasteiger partial charge >= 0.3 is 5.97 Å². The number of carbonyl (C=O) groups excluding carboxylic acids is 1. The minimum atomic E-state index is -0.948. The highest BCUT2D eigenvalue weighted by atomic mass is 16.4. The first kappa shape index (κ1) is 17.6. The maximum Gasteiger partial charge on any atom is 0.303 e. The van der Waals surface area contributed by atoms with Gasteiger partial charge in [0.05, 0.1) is 12.2 Å². The van der Waals surface area contributed by atoms with Crippen LogP contribution >= 0.6 is 0 Å². The molecule has 0 aromatic heterocycles. The smallest absolute Gasteiger partial charge is 0.303 e. The molecule has 21 heavy (non-hydrogen) atoms. The molecule has 4 atom stereocenters. The highest BCUT2D eigenvalue weighted by molar-refractivity contribution is 5.85. The van der Waals surface area contributed by atoms with Gasteiger partial charge in [0.1, 0.15) is 5.78 Å². The third-order valence-electron chi connectivity index (χ3n) is 3.74. The molecule has 1 rings (SSSR count). The van der Waals surface area contributed by atoms with Gasteiger partial charge in [0, 0.05) is 24.7 Å². The lowest BCUT2D eigenvalue weighted by atomic mass is 9.89. The molecule has 0 saturated heterocycles. The fraction of sp³-hybridized carbons (Fsp3) is 0.625. The number of aliphatic hydroxyl groups excluding tert-OH is 2. The summed E-state index contributed by atoms with van der Waals surface area (Å²) >= 11 is 0. The fourth-order valence-corrected chi connectivity index (χ4v) is 2.61. The SMILES string of the molecule is CC/C=C\CC(O)/C=C/[C@H]1[C@H](O)CC(=O)[C@@H]1CCC(=O)O. The van der Waals surface area contributed by atoms with E-state index in [-0.39, 0.29) is 25.0 Å². The van der Waals surface area contributed by atoms with Crippen LogP contribution in [0.5, 0.6) is 0 Å². The summed E-state index contributed by atoms with van der Waals surface area (Å²) in [5, 5.41) is 28.4. The van der Waals surface area contributed by atoms with Gasteiger partial charge in [-0.2, -0.15) is 0 Å². The van der Waals surface area contributed by atoms with Crippen LogP contribution in [0.4, 0.5) is 0 Å². The molecule has 1 saturated carbocycles. The molecule has 0 spiro atoms. The average Bonchev–Trinajstić information content (AvgIpc) is 2.68. The van der Waals surface area contributed by atoms with E-state index in [4.69, 9.17) is 5.11 Å². The second-order valence-corrected chi connectivity index (χ2v) is 5.42. The topological polar surface area (TPSA) is 94.8 Å². The Morgan fingerprint density at radius 2 is 2.14 bits per heavy atom. The van der Waals surface area contributed by atoms with Crippen molar-refractivity contribution in [2.24, 2.45) is 11.8 Å². The molecule has 5 heteroatoms. The summed E-state index contributed by atoms with van der Waals surface area (Å²) in [5.74, 6) is -1.91. The Labute approximate surface area is 125 Å². The molecule has 5 nitrogen and oxygen atoms in total. The van der Waals surface area contributed by atoms with Crippen LogP contribution in [0.3, 0.4) is 0 Å². The first-order chi connectivity index (χ1) is 9.95. The number of Topliss-reactive ketones (excluding diaryl/α,β-unsaturated/α-hetero) is 1. The molecule has 1 aliphatic carbocycles. The standard InChI is InChI=1S/C16H24O5/c1-2-3-4-5-11(17)6-7-12-13(8-9-16(20)21)15(19)10-14(12)18/h3-4,6-7,11-14,17-18H,2,5,8-10H2,1H3,(H,20,21)/b4-3-,7-6+/t11?,12-,13-,14-/m1/s1. The number of carbonyl (C=O) groups is 2. The molecule has 0 aliphatic heterocycles. The van der Waals surface area contributed by atoms with Crippen LogP contribution in [-0.2, 0) is 9.59 Å². The number of aliphatic carboxylic acids is 1. The van der Waals surface area contributed by atoms with Gasteiger partial charge in [-0.05, 0) is 19.3 Å². The molecule has 118 valence electrons. The monoisotopic (exact) mass is 296 g/mol. The molecule has 1 fully saturated rings. The van der Waals surface area contributed by atoms with Gasteiger partial charge in [-0.15, -0.1) is 0 Å². The number of aliphatic hydroxyl groups is 2. The van der Waals surface area contributed by atoms with E-state index >= 15 is 0 Å². The number of hydrogen-bond donors (Lipinski definition) is 3. The fourth-order valence-electron chi connectivity index (χ4n) is 2.61. The molecule has 1 unspecified atom stereocenters. The Balaban J connectivity index is 2.61. The summed E-state index contributed by atoms with van der Waals surface area (Å²) in [4.78, 5) is 22.4. The largest absolute Gasteiger partial charge is 0.481 e. The zero-order valence-corrected chi connectivity index (χ0v) is 12.3. The van der Waals surface area contributed by atoms with Crippen molar-refractivity contribution in [1.82, 2.24) is 0 Å². The molecule has 0 aromatic carbocycles. The highest BCUT2D eigenvalue weighted by Crippen LogP contribution is 2.33. The summed E-state index contributed by atoms with van der Waals surface area (Å²) in [7, 11) is 0.